The van der Waals surface area contributed by atoms with Crippen molar-refractivity contribution < 1.29 is 4.74 Å². The molecule has 1 saturated heterocycles. The van der Waals surface area contributed by atoms with E-state index in [2.05, 4.69) is 28.8 Å². The Kier molecular flexibility index (Phi) is 3.92. The number of hydrogen-bond acceptors (Lipinski definition) is 5. The van der Waals surface area contributed by atoms with Gasteiger partial charge in [-0.15, -0.1) is 0 Å². The molecule has 4 heterocycles. The average molecular weight is 363 g/mol. The van der Waals surface area contributed by atoms with Gasteiger partial charge in [0.2, 0.25) is 5.75 Å². The molecule has 0 saturated carbocycles. The summed E-state index contributed by atoms with van der Waals surface area (Å²) in [6, 6.07) is 0.716. The SMILES string of the molecule is Cc1ncc2c3c(c(=O)n(C)c2c1Cl)OCCC1CN(C)C(C)CN31. The van der Waals surface area contributed by atoms with Crippen LogP contribution in [0.2, 0.25) is 5.02 Å². The number of anilines is 1. The third kappa shape index (κ3) is 2.42. The Morgan fingerprint density at radius 2 is 2.08 bits per heavy atom. The Bertz CT molecular complexity index is 910. The van der Waals surface area contributed by atoms with Gasteiger partial charge >= 0.3 is 0 Å². The van der Waals surface area contributed by atoms with Crippen molar-refractivity contribution in [1.82, 2.24) is 14.5 Å². The van der Waals surface area contributed by atoms with Gasteiger partial charge in [-0.3, -0.25) is 14.7 Å². The zero-order chi connectivity index (χ0) is 17.9. The summed E-state index contributed by atoms with van der Waals surface area (Å²) in [5.74, 6) is 0.427. The summed E-state index contributed by atoms with van der Waals surface area (Å²) in [7, 11) is 3.90. The molecule has 0 aromatic carbocycles. The maximum Gasteiger partial charge on any atom is 0.295 e. The van der Waals surface area contributed by atoms with Crippen LogP contribution in [0, 0.1) is 6.92 Å². The molecule has 0 bridgehead atoms. The van der Waals surface area contributed by atoms with E-state index in [0.29, 0.717) is 29.5 Å². The zero-order valence-corrected chi connectivity index (χ0v) is 15.8. The highest BCUT2D eigenvalue weighted by atomic mass is 35.5. The molecule has 2 atom stereocenters. The molecule has 7 heteroatoms. The maximum absolute atomic E-state index is 13.0. The fourth-order valence-corrected chi connectivity index (χ4v) is 4.24. The van der Waals surface area contributed by atoms with Gasteiger partial charge in [-0.25, -0.2) is 0 Å². The predicted octanol–water partition coefficient (Wildman–Crippen LogP) is 2.19. The second-order valence-corrected chi connectivity index (χ2v) is 7.57. The highest BCUT2D eigenvalue weighted by molar-refractivity contribution is 6.36. The molecule has 2 aromatic rings. The zero-order valence-electron chi connectivity index (χ0n) is 15.0. The van der Waals surface area contributed by atoms with Gasteiger partial charge < -0.3 is 14.2 Å². The van der Waals surface area contributed by atoms with Crippen LogP contribution in [0.5, 0.6) is 5.75 Å². The number of piperazine rings is 1. The van der Waals surface area contributed by atoms with Crippen LogP contribution in [0.15, 0.2) is 11.0 Å². The lowest BCUT2D eigenvalue weighted by Gasteiger charge is -2.44. The Morgan fingerprint density at radius 3 is 2.84 bits per heavy atom. The highest BCUT2D eigenvalue weighted by Crippen LogP contribution is 2.40. The van der Waals surface area contributed by atoms with Crippen molar-refractivity contribution >= 4 is 28.2 Å². The number of likely N-dealkylation sites (N-methyl/N-ethyl adjacent to an activating group) is 1. The van der Waals surface area contributed by atoms with Gasteiger partial charge in [-0.2, -0.15) is 0 Å². The fourth-order valence-electron chi connectivity index (χ4n) is 3.96. The molecule has 1 fully saturated rings. The first-order valence-corrected chi connectivity index (χ1v) is 9.05. The lowest BCUT2D eigenvalue weighted by Crippen LogP contribution is -2.56. The van der Waals surface area contributed by atoms with Gasteiger partial charge in [0.05, 0.1) is 28.5 Å². The molecule has 2 aliphatic heterocycles. The second kappa shape index (κ2) is 5.88. The molecular weight excluding hydrogens is 340 g/mol. The smallest absolute Gasteiger partial charge is 0.295 e. The van der Waals surface area contributed by atoms with Crippen molar-refractivity contribution in [1.29, 1.82) is 0 Å². The quantitative estimate of drug-likeness (QED) is 0.719. The number of aryl methyl sites for hydroxylation is 2. The van der Waals surface area contributed by atoms with Gasteiger partial charge in [0.25, 0.3) is 5.56 Å². The first kappa shape index (κ1) is 16.7. The van der Waals surface area contributed by atoms with Crippen molar-refractivity contribution in [2.24, 2.45) is 7.05 Å². The molecule has 2 aliphatic rings. The molecule has 25 heavy (non-hydrogen) atoms. The van der Waals surface area contributed by atoms with Crippen LogP contribution in [-0.4, -0.2) is 53.3 Å². The third-order valence-electron chi connectivity index (χ3n) is 5.61. The summed E-state index contributed by atoms with van der Waals surface area (Å²) in [6.45, 7) is 6.42. The highest BCUT2D eigenvalue weighted by Gasteiger charge is 2.36. The van der Waals surface area contributed by atoms with E-state index in [-0.39, 0.29) is 5.56 Å². The molecule has 0 radical (unpaired) electrons. The molecule has 6 nitrogen and oxygen atoms in total. The molecule has 0 aliphatic carbocycles. The van der Waals surface area contributed by atoms with E-state index in [0.717, 1.165) is 41.8 Å². The standard InChI is InChI=1S/C18H23ClN4O2/c1-10-8-23-12(9-21(10)3)5-6-25-17-16(23)13-7-20-11(2)14(19)15(13)22(4)18(17)24/h7,10,12H,5-6,8-9H2,1-4H3. The second-order valence-electron chi connectivity index (χ2n) is 7.19. The van der Waals surface area contributed by atoms with Crippen LogP contribution in [0.25, 0.3) is 10.9 Å². The van der Waals surface area contributed by atoms with Gasteiger partial charge in [0, 0.05) is 50.2 Å². The number of fused-ring (bicyclic) bond motifs is 5. The Hall–Kier alpha value is -1.79. The maximum atomic E-state index is 13.0. The summed E-state index contributed by atoms with van der Waals surface area (Å²) in [4.78, 5) is 22.1. The predicted molar refractivity (Wildman–Crippen MR) is 100 cm³/mol. The number of pyridine rings is 2. The minimum atomic E-state index is -0.137. The summed E-state index contributed by atoms with van der Waals surface area (Å²) in [5.41, 5.74) is 2.17. The molecule has 2 aromatic heterocycles. The molecule has 0 amide bonds. The fraction of sp³-hybridized carbons (Fsp3) is 0.556. The molecular formula is C18H23ClN4O2. The Labute approximate surface area is 151 Å². The summed E-state index contributed by atoms with van der Waals surface area (Å²) >= 11 is 6.52. The molecule has 4 rings (SSSR count). The minimum absolute atomic E-state index is 0.137. The first-order chi connectivity index (χ1) is 11.9. The van der Waals surface area contributed by atoms with Crippen LogP contribution in [0.4, 0.5) is 5.69 Å². The molecule has 134 valence electrons. The van der Waals surface area contributed by atoms with Gasteiger partial charge in [-0.05, 0) is 20.9 Å². The number of halogens is 1. The lowest BCUT2D eigenvalue weighted by atomic mass is 10.0. The van der Waals surface area contributed by atoms with Gasteiger partial charge in [-0.1, -0.05) is 11.6 Å². The molecule has 2 unspecified atom stereocenters. The van der Waals surface area contributed by atoms with E-state index in [4.69, 9.17) is 16.3 Å². The topological polar surface area (TPSA) is 50.6 Å². The number of hydrogen-bond donors (Lipinski definition) is 0. The molecule has 0 spiro atoms. The van der Waals surface area contributed by atoms with E-state index < -0.39 is 0 Å². The normalized spacial score (nSPS) is 23.8. The van der Waals surface area contributed by atoms with Crippen molar-refractivity contribution in [2.75, 3.05) is 31.6 Å². The van der Waals surface area contributed by atoms with E-state index in [1.807, 2.05) is 13.1 Å². The van der Waals surface area contributed by atoms with E-state index in [1.54, 1.807) is 11.6 Å². The Balaban J connectivity index is 2.05. The lowest BCUT2D eigenvalue weighted by molar-refractivity contribution is 0.189. The van der Waals surface area contributed by atoms with Gasteiger partial charge in [0.1, 0.15) is 0 Å². The largest absolute Gasteiger partial charge is 0.486 e. The van der Waals surface area contributed by atoms with Crippen LogP contribution < -0.4 is 15.2 Å². The van der Waals surface area contributed by atoms with Crippen LogP contribution in [0.1, 0.15) is 19.0 Å². The van der Waals surface area contributed by atoms with Crippen molar-refractivity contribution in [3.05, 3.63) is 27.3 Å². The van der Waals surface area contributed by atoms with Crippen molar-refractivity contribution in [3.8, 4) is 5.75 Å². The number of ether oxygens (including phenoxy) is 1. The summed E-state index contributed by atoms with van der Waals surface area (Å²) in [5, 5.41) is 1.42. The van der Waals surface area contributed by atoms with Crippen LogP contribution >= 0.6 is 11.6 Å². The van der Waals surface area contributed by atoms with E-state index in [9.17, 15) is 4.79 Å². The number of rotatable bonds is 0. The Morgan fingerprint density at radius 1 is 1.32 bits per heavy atom. The van der Waals surface area contributed by atoms with E-state index in [1.165, 1.54) is 0 Å². The average Bonchev–Trinajstić information content (AvgIpc) is 2.75. The minimum Gasteiger partial charge on any atom is -0.486 e. The summed E-state index contributed by atoms with van der Waals surface area (Å²) in [6.07, 6.45) is 2.72. The van der Waals surface area contributed by atoms with E-state index >= 15 is 0 Å². The first-order valence-electron chi connectivity index (χ1n) is 8.67. The monoisotopic (exact) mass is 362 g/mol. The van der Waals surface area contributed by atoms with Crippen LogP contribution in [-0.2, 0) is 7.05 Å². The van der Waals surface area contributed by atoms with Crippen molar-refractivity contribution in [3.63, 3.8) is 0 Å². The third-order valence-corrected chi connectivity index (χ3v) is 6.06. The molecule has 0 N–H and O–H groups in total. The number of aromatic nitrogens is 2. The van der Waals surface area contributed by atoms with Gasteiger partial charge in [0.15, 0.2) is 0 Å². The number of nitrogens with zero attached hydrogens (tertiary/aromatic N) is 4. The summed E-state index contributed by atoms with van der Waals surface area (Å²) < 4.78 is 7.52. The van der Waals surface area contributed by atoms with Crippen molar-refractivity contribution in [2.45, 2.75) is 32.4 Å². The van der Waals surface area contributed by atoms with Crippen LogP contribution in [0.3, 0.4) is 0 Å².